The fourth-order valence-electron chi connectivity index (χ4n) is 3.24. The normalized spacial score (nSPS) is 28.1. The Morgan fingerprint density at radius 1 is 1.14 bits per heavy atom. The van der Waals surface area contributed by atoms with Crippen LogP contribution in [0.4, 0.5) is 0 Å². The lowest BCUT2D eigenvalue weighted by Gasteiger charge is -2.21. The van der Waals surface area contributed by atoms with Gasteiger partial charge in [-0.1, -0.05) is 54.8 Å². The first-order chi connectivity index (χ1) is 9.86. The Hall–Kier alpha value is -1.01. The molecule has 0 N–H and O–H groups in total. The van der Waals surface area contributed by atoms with E-state index in [1.54, 1.807) is 0 Å². The lowest BCUT2D eigenvalue weighted by atomic mass is 9.85. The number of benzene rings is 1. The molecule has 0 bridgehead atoms. The average molecular weight is 303 g/mol. The number of aryl methyl sites for hydroxylation is 2. The molecule has 1 aliphatic carbocycles. The van der Waals surface area contributed by atoms with E-state index in [-0.39, 0.29) is 0 Å². The molecule has 0 heterocycles. The Bertz CT molecular complexity index is 554. The second-order valence-corrected chi connectivity index (χ2v) is 7.22. The standard InChI is InChI=1S/C20H27Cl/c1-13-8-16(4)15(3)6-7-18(10-13)12-19-17(5)9-14(2)11-20(19)21/h7-9,11,13,15H,6,10,12H2,1-5H3/b16-8-,18-7+/t13-,15-/m1/s1. The van der Waals surface area contributed by atoms with E-state index in [2.05, 4.69) is 58.9 Å². The molecule has 0 aliphatic heterocycles. The van der Waals surface area contributed by atoms with Gasteiger partial charge in [0.2, 0.25) is 0 Å². The molecule has 1 aromatic carbocycles. The Kier molecular flexibility index (Phi) is 5.32. The zero-order valence-corrected chi connectivity index (χ0v) is 14.7. The summed E-state index contributed by atoms with van der Waals surface area (Å²) in [7, 11) is 0. The van der Waals surface area contributed by atoms with Crippen LogP contribution in [0.1, 0.15) is 50.3 Å². The number of rotatable bonds is 2. The first kappa shape index (κ1) is 16.4. The number of hydrogen-bond donors (Lipinski definition) is 0. The summed E-state index contributed by atoms with van der Waals surface area (Å²) in [6.07, 6.45) is 8.18. The van der Waals surface area contributed by atoms with E-state index >= 15 is 0 Å². The lowest BCUT2D eigenvalue weighted by Crippen LogP contribution is -2.06. The molecule has 0 unspecified atom stereocenters. The predicted octanol–water partition coefficient (Wildman–Crippen LogP) is 6.44. The molecule has 2 atom stereocenters. The van der Waals surface area contributed by atoms with Crippen molar-refractivity contribution in [2.75, 3.05) is 0 Å². The third-order valence-electron chi connectivity index (χ3n) is 4.64. The second-order valence-electron chi connectivity index (χ2n) is 6.81. The maximum Gasteiger partial charge on any atom is 0.0446 e. The third-order valence-corrected chi connectivity index (χ3v) is 4.97. The van der Waals surface area contributed by atoms with E-state index in [4.69, 9.17) is 11.6 Å². The number of hydrogen-bond acceptors (Lipinski definition) is 0. The van der Waals surface area contributed by atoms with Crippen molar-refractivity contribution in [3.8, 4) is 0 Å². The van der Waals surface area contributed by atoms with Gasteiger partial charge in [0.15, 0.2) is 0 Å². The van der Waals surface area contributed by atoms with Crippen LogP contribution in [0.5, 0.6) is 0 Å². The molecule has 0 spiro atoms. The number of allylic oxidation sites excluding steroid dienone is 4. The monoisotopic (exact) mass is 302 g/mol. The van der Waals surface area contributed by atoms with E-state index in [0.29, 0.717) is 11.8 Å². The average Bonchev–Trinajstić information content (AvgIpc) is 2.37. The van der Waals surface area contributed by atoms with Crippen molar-refractivity contribution >= 4 is 11.6 Å². The smallest absolute Gasteiger partial charge is 0.0446 e. The molecule has 0 fully saturated rings. The van der Waals surface area contributed by atoms with Crippen LogP contribution < -0.4 is 0 Å². The van der Waals surface area contributed by atoms with Gasteiger partial charge in [-0.2, -0.15) is 0 Å². The maximum atomic E-state index is 6.48. The van der Waals surface area contributed by atoms with Crippen LogP contribution in [0.2, 0.25) is 5.02 Å². The minimum atomic E-state index is 0.614. The molecule has 0 saturated heterocycles. The molecular weight excluding hydrogens is 276 g/mol. The highest BCUT2D eigenvalue weighted by atomic mass is 35.5. The Morgan fingerprint density at radius 2 is 1.86 bits per heavy atom. The van der Waals surface area contributed by atoms with E-state index < -0.39 is 0 Å². The van der Waals surface area contributed by atoms with Crippen molar-refractivity contribution < 1.29 is 0 Å². The molecule has 2 rings (SSSR count). The van der Waals surface area contributed by atoms with Crippen LogP contribution in [0, 0.1) is 25.7 Å². The van der Waals surface area contributed by atoms with Crippen molar-refractivity contribution in [3.63, 3.8) is 0 Å². The summed E-state index contributed by atoms with van der Waals surface area (Å²) in [5.41, 5.74) is 6.92. The van der Waals surface area contributed by atoms with E-state index in [1.165, 1.54) is 27.8 Å². The van der Waals surface area contributed by atoms with Gasteiger partial charge in [0.05, 0.1) is 0 Å². The van der Waals surface area contributed by atoms with Crippen LogP contribution in [-0.2, 0) is 6.42 Å². The van der Waals surface area contributed by atoms with Gasteiger partial charge in [-0.05, 0) is 74.6 Å². The topological polar surface area (TPSA) is 0 Å². The molecule has 0 radical (unpaired) electrons. The van der Waals surface area contributed by atoms with Crippen LogP contribution in [0.3, 0.4) is 0 Å². The molecule has 0 aromatic heterocycles. The van der Waals surface area contributed by atoms with E-state index in [0.717, 1.165) is 24.3 Å². The molecule has 0 amide bonds. The van der Waals surface area contributed by atoms with Crippen molar-refractivity contribution in [3.05, 3.63) is 57.1 Å². The van der Waals surface area contributed by atoms with Gasteiger partial charge < -0.3 is 0 Å². The van der Waals surface area contributed by atoms with Gasteiger partial charge in [0.1, 0.15) is 0 Å². The van der Waals surface area contributed by atoms with E-state index in [1.807, 2.05) is 0 Å². The molecule has 0 nitrogen and oxygen atoms in total. The highest BCUT2D eigenvalue weighted by Gasteiger charge is 2.14. The highest BCUT2D eigenvalue weighted by Crippen LogP contribution is 2.30. The van der Waals surface area contributed by atoms with Crippen molar-refractivity contribution in [1.82, 2.24) is 0 Å². The summed E-state index contributed by atoms with van der Waals surface area (Å²) in [4.78, 5) is 0. The largest absolute Gasteiger partial charge is 0.0844 e. The van der Waals surface area contributed by atoms with Gasteiger partial charge in [0, 0.05) is 5.02 Å². The highest BCUT2D eigenvalue weighted by molar-refractivity contribution is 6.31. The molecule has 114 valence electrons. The van der Waals surface area contributed by atoms with E-state index in [9.17, 15) is 0 Å². The first-order valence-electron chi connectivity index (χ1n) is 7.98. The zero-order chi connectivity index (χ0) is 15.6. The summed E-state index contributed by atoms with van der Waals surface area (Å²) >= 11 is 6.48. The van der Waals surface area contributed by atoms with Crippen LogP contribution in [0.25, 0.3) is 0 Å². The summed E-state index contributed by atoms with van der Waals surface area (Å²) in [5.74, 6) is 1.26. The van der Waals surface area contributed by atoms with Crippen LogP contribution >= 0.6 is 11.6 Å². The molecule has 21 heavy (non-hydrogen) atoms. The van der Waals surface area contributed by atoms with Crippen molar-refractivity contribution in [2.45, 2.75) is 53.9 Å². The number of halogens is 1. The minimum absolute atomic E-state index is 0.614. The lowest BCUT2D eigenvalue weighted by molar-refractivity contribution is 0.621. The van der Waals surface area contributed by atoms with Gasteiger partial charge >= 0.3 is 0 Å². The quantitative estimate of drug-likeness (QED) is 0.552. The Labute approximate surface area is 134 Å². The third kappa shape index (κ3) is 4.23. The van der Waals surface area contributed by atoms with Crippen molar-refractivity contribution in [1.29, 1.82) is 0 Å². The van der Waals surface area contributed by atoms with Gasteiger partial charge in [0.25, 0.3) is 0 Å². The summed E-state index contributed by atoms with van der Waals surface area (Å²) in [5, 5.41) is 0.919. The molecule has 1 aliphatic rings. The van der Waals surface area contributed by atoms with Crippen LogP contribution in [-0.4, -0.2) is 0 Å². The SMILES string of the molecule is C/C1=C/[C@@H](C)C/C(Cc2c(C)cc(C)cc2Cl)=C\C[C@H]1C. The predicted molar refractivity (Wildman–Crippen MR) is 94.0 cm³/mol. The summed E-state index contributed by atoms with van der Waals surface area (Å²) in [6.45, 7) is 11.2. The fraction of sp³-hybridized carbons (Fsp3) is 0.500. The Balaban J connectivity index is 2.23. The zero-order valence-electron chi connectivity index (χ0n) is 14.0. The fourth-order valence-corrected chi connectivity index (χ4v) is 3.63. The minimum Gasteiger partial charge on any atom is -0.0844 e. The summed E-state index contributed by atoms with van der Waals surface area (Å²) < 4.78 is 0. The second kappa shape index (κ2) is 6.83. The van der Waals surface area contributed by atoms with Crippen molar-refractivity contribution in [2.24, 2.45) is 11.8 Å². The summed E-state index contributed by atoms with van der Waals surface area (Å²) in [6, 6.07) is 4.32. The maximum absolute atomic E-state index is 6.48. The molecular formula is C20H27Cl. The Morgan fingerprint density at radius 3 is 2.52 bits per heavy atom. The molecule has 1 aromatic rings. The van der Waals surface area contributed by atoms with Crippen LogP contribution in [0.15, 0.2) is 35.4 Å². The molecule has 0 saturated carbocycles. The molecule has 1 heteroatoms. The van der Waals surface area contributed by atoms with Gasteiger partial charge in [-0.15, -0.1) is 0 Å². The first-order valence-corrected chi connectivity index (χ1v) is 8.36. The van der Waals surface area contributed by atoms with Gasteiger partial charge in [-0.3, -0.25) is 0 Å². The van der Waals surface area contributed by atoms with Gasteiger partial charge in [-0.25, -0.2) is 0 Å².